The van der Waals surface area contributed by atoms with Gasteiger partial charge in [0, 0.05) is 5.92 Å². The molecule has 21 heavy (non-hydrogen) atoms. The van der Waals surface area contributed by atoms with E-state index in [0.717, 1.165) is 19.3 Å². The Kier molecular flexibility index (Phi) is 3.40. The minimum atomic E-state index is -0.981. The average molecular weight is 294 g/mol. The van der Waals surface area contributed by atoms with Gasteiger partial charge in [-0.3, -0.25) is 19.8 Å². The molecule has 0 spiro atoms. The average Bonchev–Trinajstić information content (AvgIpc) is 3.07. The molecule has 2 aliphatic rings. The maximum atomic E-state index is 12.0. The summed E-state index contributed by atoms with van der Waals surface area (Å²) in [7, 11) is 0. The highest BCUT2D eigenvalue weighted by Gasteiger charge is 2.44. The number of aromatic nitrogens is 2. The van der Waals surface area contributed by atoms with Gasteiger partial charge in [0.15, 0.2) is 0 Å². The molecule has 3 rings (SSSR count). The zero-order chi connectivity index (χ0) is 15.0. The summed E-state index contributed by atoms with van der Waals surface area (Å²) in [6.07, 6.45) is 3.39. The molecule has 0 radical (unpaired) electrons. The molecule has 0 bridgehead atoms. The Labute approximate surface area is 121 Å². The number of aliphatic carboxylic acids is 1. The fourth-order valence-corrected chi connectivity index (χ4v) is 2.63. The largest absolute Gasteiger partial charge is 0.480 e. The molecule has 2 heterocycles. The molecule has 0 aromatic carbocycles. The molecule has 1 atom stereocenters. The molecule has 1 amide bonds. The number of carbonyl (C=O) groups is 2. The van der Waals surface area contributed by atoms with Crippen LogP contribution in [0.1, 0.15) is 44.4 Å². The minimum absolute atomic E-state index is 0.00391. The van der Waals surface area contributed by atoms with Crippen LogP contribution in [0, 0.1) is 0 Å². The van der Waals surface area contributed by atoms with Gasteiger partial charge in [-0.15, -0.1) is 5.10 Å². The number of nitrogens with zero attached hydrogens (tertiary/aromatic N) is 3. The molecule has 114 valence electrons. The highest BCUT2D eigenvalue weighted by Crippen LogP contribution is 2.39. The van der Waals surface area contributed by atoms with Crippen molar-refractivity contribution in [2.45, 2.75) is 44.1 Å². The normalized spacial score (nSPS) is 26.0. The molecule has 8 nitrogen and oxygen atoms in total. The minimum Gasteiger partial charge on any atom is -0.480 e. The van der Waals surface area contributed by atoms with Crippen LogP contribution < -0.4 is 5.32 Å². The predicted octanol–water partition coefficient (Wildman–Crippen LogP) is 0.825. The first-order valence-corrected chi connectivity index (χ1v) is 7.11. The van der Waals surface area contributed by atoms with Gasteiger partial charge in [0.25, 0.3) is 0 Å². The van der Waals surface area contributed by atoms with E-state index in [0.29, 0.717) is 24.8 Å². The van der Waals surface area contributed by atoms with Crippen molar-refractivity contribution in [2.75, 3.05) is 18.4 Å². The summed E-state index contributed by atoms with van der Waals surface area (Å²) in [6.45, 7) is 2.24. The smallest absolute Gasteiger partial charge is 0.323 e. The molecule has 2 N–H and O–H groups in total. The van der Waals surface area contributed by atoms with Crippen LogP contribution in [-0.2, 0) is 9.59 Å². The Hall–Kier alpha value is -1.96. The van der Waals surface area contributed by atoms with E-state index in [-0.39, 0.29) is 18.5 Å². The molecule has 8 heteroatoms. The van der Waals surface area contributed by atoms with Gasteiger partial charge in [0.2, 0.25) is 11.8 Å². The molecule has 2 fully saturated rings. The Morgan fingerprint density at radius 3 is 2.90 bits per heavy atom. The predicted molar refractivity (Wildman–Crippen MR) is 71.8 cm³/mol. The zero-order valence-corrected chi connectivity index (χ0v) is 11.8. The van der Waals surface area contributed by atoms with Crippen LogP contribution in [0.3, 0.4) is 0 Å². The van der Waals surface area contributed by atoms with E-state index in [9.17, 15) is 14.7 Å². The first-order valence-electron chi connectivity index (χ1n) is 7.11. The Balaban J connectivity index is 1.59. The monoisotopic (exact) mass is 294 g/mol. The van der Waals surface area contributed by atoms with Gasteiger partial charge in [0.1, 0.15) is 5.54 Å². The van der Waals surface area contributed by atoms with E-state index in [1.54, 1.807) is 11.8 Å². The lowest BCUT2D eigenvalue weighted by Crippen LogP contribution is -2.50. The van der Waals surface area contributed by atoms with Crippen LogP contribution in [0.5, 0.6) is 0 Å². The molecule has 1 saturated heterocycles. The lowest BCUT2D eigenvalue weighted by molar-refractivity contribution is -0.149. The van der Waals surface area contributed by atoms with Gasteiger partial charge in [0.05, 0.1) is 6.54 Å². The fourth-order valence-electron chi connectivity index (χ4n) is 2.63. The maximum Gasteiger partial charge on any atom is 0.323 e. The van der Waals surface area contributed by atoms with Gasteiger partial charge in [-0.25, -0.2) is 0 Å². The second kappa shape index (κ2) is 5.10. The number of nitrogens with one attached hydrogen (secondary N) is 1. The van der Waals surface area contributed by atoms with E-state index >= 15 is 0 Å². The van der Waals surface area contributed by atoms with Crippen molar-refractivity contribution in [3.8, 4) is 0 Å². The Morgan fingerprint density at radius 2 is 2.24 bits per heavy atom. The molecule has 1 aliphatic carbocycles. The summed E-state index contributed by atoms with van der Waals surface area (Å²) in [5.41, 5.74) is -0.981. The summed E-state index contributed by atoms with van der Waals surface area (Å²) >= 11 is 0. The number of carboxylic acids is 1. The quantitative estimate of drug-likeness (QED) is 0.827. The summed E-state index contributed by atoms with van der Waals surface area (Å²) < 4.78 is 5.35. The molecule has 1 aromatic heterocycles. The van der Waals surface area contributed by atoms with E-state index in [1.807, 2.05) is 0 Å². The molecular formula is C13H18N4O4. The summed E-state index contributed by atoms with van der Waals surface area (Å²) in [6, 6.07) is 0.0816. The van der Waals surface area contributed by atoms with Crippen LogP contribution in [0.4, 0.5) is 6.01 Å². The first-order chi connectivity index (χ1) is 9.99. The van der Waals surface area contributed by atoms with Gasteiger partial charge in [-0.05, 0) is 39.2 Å². The molecule has 1 unspecified atom stereocenters. The number of hydrogen-bond donors (Lipinski definition) is 2. The Bertz CT molecular complexity index is 568. The molecule has 1 aromatic rings. The molecule has 1 aliphatic heterocycles. The lowest BCUT2D eigenvalue weighted by atomic mass is 9.99. The highest BCUT2D eigenvalue weighted by atomic mass is 16.4. The summed E-state index contributed by atoms with van der Waals surface area (Å²) in [5.74, 6) is -0.351. The van der Waals surface area contributed by atoms with Crippen molar-refractivity contribution in [3.05, 3.63) is 5.89 Å². The standard InChI is InChI=1S/C13H18N4O4/c1-13(11(19)20)5-2-6-17(13)7-9(18)14-12-16-15-10(21-12)8-3-4-8/h8H,2-7H2,1H3,(H,19,20)(H,14,16,18). The topological polar surface area (TPSA) is 109 Å². The third-order valence-corrected chi connectivity index (χ3v) is 4.20. The Morgan fingerprint density at radius 1 is 1.48 bits per heavy atom. The number of amides is 1. The number of hydrogen-bond acceptors (Lipinski definition) is 6. The van der Waals surface area contributed by atoms with E-state index in [1.165, 1.54) is 0 Å². The van der Waals surface area contributed by atoms with Crippen LogP contribution in [0.25, 0.3) is 0 Å². The van der Waals surface area contributed by atoms with Crippen LogP contribution in [-0.4, -0.2) is 50.7 Å². The number of anilines is 1. The second-order valence-electron chi connectivity index (χ2n) is 5.87. The zero-order valence-electron chi connectivity index (χ0n) is 11.8. The lowest BCUT2D eigenvalue weighted by Gasteiger charge is -2.30. The van der Waals surface area contributed by atoms with Crippen molar-refractivity contribution >= 4 is 17.9 Å². The van der Waals surface area contributed by atoms with Gasteiger partial charge in [-0.2, -0.15) is 0 Å². The van der Waals surface area contributed by atoms with Gasteiger partial charge in [-0.1, -0.05) is 5.10 Å². The highest BCUT2D eigenvalue weighted by molar-refractivity contribution is 5.91. The fraction of sp³-hybridized carbons (Fsp3) is 0.692. The summed E-state index contributed by atoms with van der Waals surface area (Å²) in [5, 5.41) is 19.5. The number of carboxylic acid groups (broad SMARTS) is 1. The van der Waals surface area contributed by atoms with Gasteiger partial charge < -0.3 is 9.52 Å². The van der Waals surface area contributed by atoms with E-state index < -0.39 is 11.5 Å². The molecular weight excluding hydrogens is 276 g/mol. The number of likely N-dealkylation sites (tertiary alicyclic amines) is 1. The number of rotatable bonds is 5. The van der Waals surface area contributed by atoms with E-state index in [4.69, 9.17) is 4.42 Å². The van der Waals surface area contributed by atoms with Crippen molar-refractivity contribution in [2.24, 2.45) is 0 Å². The van der Waals surface area contributed by atoms with Crippen LogP contribution in [0.15, 0.2) is 4.42 Å². The third kappa shape index (κ3) is 2.76. The van der Waals surface area contributed by atoms with Crippen LogP contribution in [0.2, 0.25) is 0 Å². The SMILES string of the molecule is CC1(C(=O)O)CCCN1CC(=O)Nc1nnc(C2CC2)o1. The van der Waals surface area contributed by atoms with Crippen LogP contribution >= 0.6 is 0 Å². The van der Waals surface area contributed by atoms with E-state index in [2.05, 4.69) is 15.5 Å². The maximum absolute atomic E-state index is 12.0. The van der Waals surface area contributed by atoms with Crippen molar-refractivity contribution in [1.82, 2.24) is 15.1 Å². The molecule has 1 saturated carbocycles. The van der Waals surface area contributed by atoms with Crippen molar-refractivity contribution < 1.29 is 19.1 Å². The van der Waals surface area contributed by atoms with Crippen molar-refractivity contribution in [3.63, 3.8) is 0 Å². The van der Waals surface area contributed by atoms with Crippen molar-refractivity contribution in [1.29, 1.82) is 0 Å². The third-order valence-electron chi connectivity index (χ3n) is 4.20. The number of carbonyl (C=O) groups excluding carboxylic acids is 1. The van der Waals surface area contributed by atoms with Gasteiger partial charge >= 0.3 is 12.0 Å². The summed E-state index contributed by atoms with van der Waals surface area (Å²) in [4.78, 5) is 25.0. The first kappa shape index (κ1) is 14.0. The second-order valence-corrected chi connectivity index (χ2v) is 5.87.